The fourth-order valence-electron chi connectivity index (χ4n) is 0.588. The normalized spacial score (nSPS) is 10.2. The van der Waals surface area contributed by atoms with E-state index in [-0.39, 0.29) is 37.5 Å². The average molecular weight is 322 g/mol. The van der Waals surface area contributed by atoms with Crippen LogP contribution in [0.2, 0.25) is 0 Å². The summed E-state index contributed by atoms with van der Waals surface area (Å²) in [6.45, 7) is 5.70. The van der Waals surface area contributed by atoms with Gasteiger partial charge in [0.05, 0.1) is 11.5 Å². The van der Waals surface area contributed by atoms with Crippen LogP contribution in [-0.4, -0.2) is 21.8 Å². The van der Waals surface area contributed by atoms with E-state index in [0.29, 0.717) is 0 Å². The molecule has 0 saturated heterocycles. The summed E-state index contributed by atoms with van der Waals surface area (Å²) < 4.78 is 0. The van der Waals surface area contributed by atoms with Crippen LogP contribution in [0.5, 0.6) is 0 Å². The molecule has 0 aromatic rings. The number of aliphatic hydroxyl groups excluding tert-OH is 2. The Morgan fingerprint density at radius 2 is 1.06 bits per heavy atom. The zero-order valence-corrected chi connectivity index (χ0v) is 13.0. The zero-order chi connectivity index (χ0) is 14.4. The standard InChI is InChI=1S/2C5H8O2.2ClH.V/c2*1-4(6)3-5(2)7;;;/h2*3,6H,1-2H3;2*1H;/q;;;;+2/p-2/b2*4-3-;;;. The summed E-state index contributed by atoms with van der Waals surface area (Å²) in [6, 6.07) is 0. The first kappa shape index (κ1) is 21.8. The van der Waals surface area contributed by atoms with E-state index in [1.807, 2.05) is 0 Å². The number of carbonyl (C=O) groups excluding carboxylic acids is 2. The van der Waals surface area contributed by atoms with E-state index in [9.17, 15) is 9.59 Å². The molecule has 0 aromatic carbocycles. The topological polar surface area (TPSA) is 74.6 Å². The molecule has 17 heavy (non-hydrogen) atoms. The van der Waals surface area contributed by atoms with Crippen LogP contribution in [0.4, 0.5) is 0 Å². The Morgan fingerprint density at radius 3 is 1.06 bits per heavy atom. The molecule has 0 fully saturated rings. The summed E-state index contributed by atoms with van der Waals surface area (Å²) >= 11 is -0.368. The molecule has 0 aliphatic heterocycles. The van der Waals surface area contributed by atoms with Crippen LogP contribution < -0.4 is 0 Å². The molecule has 0 bridgehead atoms. The summed E-state index contributed by atoms with van der Waals surface area (Å²) in [7, 11) is 9.72. The van der Waals surface area contributed by atoms with E-state index >= 15 is 0 Å². The van der Waals surface area contributed by atoms with Crippen molar-refractivity contribution in [2.45, 2.75) is 27.7 Å². The predicted octanol–water partition coefficient (Wildman–Crippen LogP) is 3.45. The molecule has 4 nitrogen and oxygen atoms in total. The molecule has 0 heterocycles. The van der Waals surface area contributed by atoms with Crippen LogP contribution in [0.3, 0.4) is 0 Å². The van der Waals surface area contributed by atoms with Gasteiger partial charge in [0.2, 0.25) is 0 Å². The molecular formula is C10H16Cl2O4V. The fourth-order valence-corrected chi connectivity index (χ4v) is 0.588. The van der Waals surface area contributed by atoms with Crippen LogP contribution in [0.1, 0.15) is 27.7 Å². The van der Waals surface area contributed by atoms with Gasteiger partial charge in [-0.05, 0) is 27.7 Å². The molecule has 0 spiro atoms. The summed E-state index contributed by atoms with van der Waals surface area (Å²) in [5.41, 5.74) is 0. The van der Waals surface area contributed by atoms with E-state index in [4.69, 9.17) is 29.9 Å². The monoisotopic (exact) mass is 321 g/mol. The summed E-state index contributed by atoms with van der Waals surface area (Å²) in [4.78, 5) is 20.0. The molecule has 0 aromatic heterocycles. The molecule has 0 aliphatic rings. The second-order valence-corrected chi connectivity index (χ2v) is 5.16. The molecule has 0 rings (SSSR count). The van der Waals surface area contributed by atoms with Crippen molar-refractivity contribution >= 4 is 31.3 Å². The second-order valence-electron chi connectivity index (χ2n) is 2.86. The molecule has 2 N–H and O–H groups in total. The van der Waals surface area contributed by atoms with Crippen molar-refractivity contribution in [2.75, 3.05) is 0 Å². The molecule has 7 heteroatoms. The van der Waals surface area contributed by atoms with Gasteiger partial charge >= 0.3 is 34.1 Å². The second kappa shape index (κ2) is 15.6. The van der Waals surface area contributed by atoms with Gasteiger partial charge in [0.15, 0.2) is 11.6 Å². The molecule has 0 atom stereocenters. The summed E-state index contributed by atoms with van der Waals surface area (Å²) in [5.74, 6) is -0.125. The van der Waals surface area contributed by atoms with Gasteiger partial charge in [0.25, 0.3) is 0 Å². The third-order valence-corrected chi connectivity index (χ3v) is 0.824. The van der Waals surface area contributed by atoms with Crippen molar-refractivity contribution in [2.24, 2.45) is 0 Å². The van der Waals surface area contributed by atoms with E-state index < -0.39 is 0 Å². The van der Waals surface area contributed by atoms with Gasteiger partial charge in [0.1, 0.15) is 0 Å². The molecule has 0 unspecified atom stereocenters. The SMILES string of the molecule is CC(=O)/C=C(/C)O.CC(=O)/C=C(/C)O.[Cl][V][Cl]. The number of carbonyl (C=O) groups is 2. The third-order valence-electron chi connectivity index (χ3n) is 0.824. The van der Waals surface area contributed by atoms with Crippen LogP contribution in [0.25, 0.3) is 0 Å². The molecule has 0 radical (unpaired) electrons. The van der Waals surface area contributed by atoms with Crippen molar-refractivity contribution in [3.8, 4) is 0 Å². The Morgan fingerprint density at radius 1 is 0.882 bits per heavy atom. The molecule has 0 saturated carbocycles. The molecule has 0 aliphatic carbocycles. The van der Waals surface area contributed by atoms with E-state index in [0.717, 1.165) is 0 Å². The Bertz CT molecular complexity index is 252. The van der Waals surface area contributed by atoms with Crippen molar-refractivity contribution in [1.29, 1.82) is 0 Å². The number of ketones is 2. The predicted molar refractivity (Wildman–Crippen MR) is 65.8 cm³/mol. The number of rotatable bonds is 2. The number of hydrogen-bond acceptors (Lipinski definition) is 4. The van der Waals surface area contributed by atoms with Gasteiger partial charge in [-0.15, -0.1) is 0 Å². The Kier molecular flexibility index (Phi) is 20.0. The first-order chi connectivity index (χ1) is 7.67. The zero-order valence-electron chi connectivity index (χ0n) is 10.1. The van der Waals surface area contributed by atoms with E-state index in [1.165, 1.54) is 39.8 Å². The van der Waals surface area contributed by atoms with Crippen molar-refractivity contribution in [1.82, 2.24) is 0 Å². The van der Waals surface area contributed by atoms with Crippen molar-refractivity contribution in [3.63, 3.8) is 0 Å². The van der Waals surface area contributed by atoms with Crippen molar-refractivity contribution < 1.29 is 34.2 Å². The maximum absolute atomic E-state index is 10.0. The van der Waals surface area contributed by atoms with Crippen LogP contribution >= 0.6 is 19.7 Å². The summed E-state index contributed by atoms with van der Waals surface area (Å²) in [6.07, 6.45) is 2.33. The fraction of sp³-hybridized carbons (Fsp3) is 0.400. The Balaban J connectivity index is -0.000000188. The first-order valence-corrected chi connectivity index (χ1v) is 8.19. The van der Waals surface area contributed by atoms with Crippen LogP contribution in [-0.2, 0) is 24.0 Å². The van der Waals surface area contributed by atoms with Gasteiger partial charge in [0, 0.05) is 12.2 Å². The van der Waals surface area contributed by atoms with Crippen molar-refractivity contribution in [3.05, 3.63) is 23.7 Å². The van der Waals surface area contributed by atoms with Gasteiger partial charge < -0.3 is 10.2 Å². The summed E-state index contributed by atoms with van der Waals surface area (Å²) in [5, 5.41) is 16.7. The van der Waals surface area contributed by atoms with Gasteiger partial charge in [-0.2, -0.15) is 0 Å². The van der Waals surface area contributed by atoms with E-state index in [1.54, 1.807) is 0 Å². The number of halogens is 2. The van der Waals surface area contributed by atoms with Gasteiger partial charge in [-0.25, -0.2) is 0 Å². The number of allylic oxidation sites excluding steroid dienone is 4. The molecule has 0 amide bonds. The Labute approximate surface area is 117 Å². The van der Waals surface area contributed by atoms with Gasteiger partial charge in [-0.1, -0.05) is 0 Å². The quantitative estimate of drug-likeness (QED) is 0.603. The minimum atomic E-state index is -0.368. The Hall–Kier alpha value is -0.416. The molecule has 99 valence electrons. The number of hydrogen-bond donors (Lipinski definition) is 2. The first-order valence-electron chi connectivity index (χ1n) is 4.35. The van der Waals surface area contributed by atoms with Crippen LogP contribution in [0.15, 0.2) is 23.7 Å². The average Bonchev–Trinajstić information content (AvgIpc) is 1.99. The number of aliphatic hydroxyl groups is 2. The maximum atomic E-state index is 10.0. The van der Waals surface area contributed by atoms with E-state index in [2.05, 4.69) is 0 Å². The van der Waals surface area contributed by atoms with Crippen LogP contribution in [0, 0.1) is 0 Å². The third kappa shape index (κ3) is 50.0. The van der Waals surface area contributed by atoms with Gasteiger partial charge in [-0.3, -0.25) is 9.59 Å². The minimum absolute atomic E-state index is 0.0625. The molecular weight excluding hydrogens is 306 g/mol.